The van der Waals surface area contributed by atoms with E-state index in [1.54, 1.807) is 30.2 Å². The molecule has 2 atom stereocenters. The summed E-state index contributed by atoms with van der Waals surface area (Å²) in [5, 5.41) is 9.91. The van der Waals surface area contributed by atoms with Crippen molar-refractivity contribution in [2.75, 3.05) is 6.54 Å². The van der Waals surface area contributed by atoms with Crippen molar-refractivity contribution in [3.8, 4) is 0 Å². The predicted octanol–water partition coefficient (Wildman–Crippen LogP) is 2.68. The lowest BCUT2D eigenvalue weighted by Gasteiger charge is -2.25. The lowest BCUT2D eigenvalue weighted by atomic mass is 10.1. The number of likely N-dealkylation sites (tertiary alicyclic amines) is 1. The Balaban J connectivity index is 1.93. The molecule has 1 aromatic carbocycles. The van der Waals surface area contributed by atoms with Crippen LogP contribution in [0.25, 0.3) is 10.9 Å². The summed E-state index contributed by atoms with van der Waals surface area (Å²) in [7, 11) is 0. The van der Waals surface area contributed by atoms with Gasteiger partial charge in [-0.05, 0) is 38.3 Å². The Morgan fingerprint density at radius 3 is 3.14 bits per heavy atom. The van der Waals surface area contributed by atoms with Gasteiger partial charge in [0, 0.05) is 29.7 Å². The average Bonchev–Trinajstić information content (AvgIpc) is 3.04. The fourth-order valence-electron chi connectivity index (χ4n) is 3.21. The van der Waals surface area contributed by atoms with Gasteiger partial charge in [0.25, 0.3) is 5.91 Å². The van der Waals surface area contributed by atoms with Crippen LogP contribution >= 0.6 is 0 Å². The van der Waals surface area contributed by atoms with Crippen LogP contribution in [-0.2, 0) is 0 Å². The second-order valence-corrected chi connectivity index (χ2v) is 5.74. The van der Waals surface area contributed by atoms with Crippen molar-refractivity contribution >= 4 is 16.8 Å². The molecule has 0 spiro atoms. The van der Waals surface area contributed by atoms with E-state index in [-0.39, 0.29) is 17.8 Å². The fraction of sp³-hybridized carbons (Fsp3) is 0.438. The summed E-state index contributed by atoms with van der Waals surface area (Å²) in [5.74, 6) is -0.544. The van der Waals surface area contributed by atoms with Crippen LogP contribution in [0.2, 0.25) is 0 Å². The van der Waals surface area contributed by atoms with Crippen LogP contribution in [0.3, 0.4) is 0 Å². The SMILES string of the molecule is CC(O)CC1CCCN1C(=O)c1c[nH]c2cccc(F)c12. The topological polar surface area (TPSA) is 56.3 Å². The molecule has 1 amide bonds. The quantitative estimate of drug-likeness (QED) is 0.913. The zero-order chi connectivity index (χ0) is 15.0. The van der Waals surface area contributed by atoms with Gasteiger partial charge in [0.05, 0.1) is 11.7 Å². The molecule has 0 bridgehead atoms. The van der Waals surface area contributed by atoms with E-state index < -0.39 is 6.10 Å². The average molecular weight is 290 g/mol. The molecule has 2 N–H and O–H groups in total. The van der Waals surface area contributed by atoms with Gasteiger partial charge in [-0.2, -0.15) is 0 Å². The number of H-pyrrole nitrogens is 1. The van der Waals surface area contributed by atoms with Crippen LogP contribution < -0.4 is 0 Å². The number of fused-ring (bicyclic) bond motifs is 1. The highest BCUT2D eigenvalue weighted by atomic mass is 19.1. The van der Waals surface area contributed by atoms with Crippen LogP contribution in [0, 0.1) is 5.82 Å². The minimum absolute atomic E-state index is 0.0363. The summed E-state index contributed by atoms with van der Waals surface area (Å²) in [5.41, 5.74) is 1.00. The van der Waals surface area contributed by atoms with Gasteiger partial charge in [0.2, 0.25) is 0 Å². The number of hydrogen-bond acceptors (Lipinski definition) is 2. The van der Waals surface area contributed by atoms with Gasteiger partial charge < -0.3 is 15.0 Å². The number of benzene rings is 1. The Labute approximate surface area is 122 Å². The van der Waals surface area contributed by atoms with E-state index >= 15 is 0 Å². The summed E-state index contributed by atoms with van der Waals surface area (Å²) < 4.78 is 14.0. The summed E-state index contributed by atoms with van der Waals surface area (Å²) in [6.45, 7) is 2.39. The Morgan fingerprint density at radius 1 is 1.57 bits per heavy atom. The van der Waals surface area contributed by atoms with Gasteiger partial charge >= 0.3 is 0 Å². The van der Waals surface area contributed by atoms with Crippen molar-refractivity contribution in [3.05, 3.63) is 35.8 Å². The zero-order valence-electron chi connectivity index (χ0n) is 12.0. The van der Waals surface area contributed by atoms with E-state index in [0.29, 0.717) is 29.4 Å². The van der Waals surface area contributed by atoms with Crippen molar-refractivity contribution in [2.24, 2.45) is 0 Å². The lowest BCUT2D eigenvalue weighted by molar-refractivity contribution is 0.0684. The van der Waals surface area contributed by atoms with Crippen molar-refractivity contribution in [1.82, 2.24) is 9.88 Å². The first-order chi connectivity index (χ1) is 10.1. The fourth-order valence-corrected chi connectivity index (χ4v) is 3.21. The molecule has 1 aliphatic heterocycles. The van der Waals surface area contributed by atoms with Gasteiger partial charge in [-0.3, -0.25) is 4.79 Å². The summed E-state index contributed by atoms with van der Waals surface area (Å²) in [4.78, 5) is 17.4. The highest BCUT2D eigenvalue weighted by Crippen LogP contribution is 2.28. The first-order valence-electron chi connectivity index (χ1n) is 7.32. The third-order valence-corrected chi connectivity index (χ3v) is 4.14. The van der Waals surface area contributed by atoms with Crippen LogP contribution in [0.4, 0.5) is 4.39 Å². The highest BCUT2D eigenvalue weighted by Gasteiger charge is 2.31. The summed E-state index contributed by atoms with van der Waals surface area (Å²) in [6, 6.07) is 4.78. The summed E-state index contributed by atoms with van der Waals surface area (Å²) >= 11 is 0. The Morgan fingerprint density at radius 2 is 2.38 bits per heavy atom. The highest BCUT2D eigenvalue weighted by molar-refractivity contribution is 6.07. The zero-order valence-corrected chi connectivity index (χ0v) is 12.0. The maximum Gasteiger partial charge on any atom is 0.256 e. The molecule has 5 heteroatoms. The molecule has 3 rings (SSSR count). The molecule has 0 radical (unpaired) electrons. The number of nitrogens with one attached hydrogen (secondary N) is 1. The smallest absolute Gasteiger partial charge is 0.256 e. The first-order valence-corrected chi connectivity index (χ1v) is 7.32. The number of aliphatic hydroxyl groups excluding tert-OH is 1. The normalized spacial score (nSPS) is 20.1. The molecule has 2 heterocycles. The maximum atomic E-state index is 14.0. The third-order valence-electron chi connectivity index (χ3n) is 4.14. The number of carbonyl (C=O) groups excluding carboxylic acids is 1. The van der Waals surface area contributed by atoms with E-state index in [1.807, 2.05) is 0 Å². The Bertz CT molecular complexity index is 665. The van der Waals surface area contributed by atoms with Crippen LogP contribution in [0.1, 0.15) is 36.5 Å². The molecule has 0 saturated carbocycles. The van der Waals surface area contributed by atoms with Crippen molar-refractivity contribution in [2.45, 2.75) is 38.3 Å². The van der Waals surface area contributed by atoms with Crippen LogP contribution in [-0.4, -0.2) is 39.6 Å². The number of aromatic amines is 1. The molecule has 1 fully saturated rings. The number of amides is 1. The third kappa shape index (κ3) is 2.53. The standard InChI is InChI=1S/C16H19FN2O2/c1-10(20)8-11-4-3-7-19(11)16(21)12-9-18-14-6-2-5-13(17)15(12)14/h2,5-6,9-11,18,20H,3-4,7-8H2,1H3. The molecule has 4 nitrogen and oxygen atoms in total. The maximum absolute atomic E-state index is 14.0. The van der Waals surface area contributed by atoms with Gasteiger partial charge in [0.15, 0.2) is 0 Å². The van der Waals surface area contributed by atoms with Gasteiger partial charge in [-0.1, -0.05) is 6.07 Å². The van der Waals surface area contributed by atoms with Crippen LogP contribution in [0.15, 0.2) is 24.4 Å². The molecule has 1 saturated heterocycles. The lowest BCUT2D eigenvalue weighted by Crippen LogP contribution is -2.37. The van der Waals surface area contributed by atoms with E-state index in [1.165, 1.54) is 6.07 Å². The number of carbonyl (C=O) groups is 1. The van der Waals surface area contributed by atoms with Crippen molar-refractivity contribution < 1.29 is 14.3 Å². The number of halogens is 1. The molecule has 2 unspecified atom stereocenters. The molecular formula is C16H19FN2O2. The minimum Gasteiger partial charge on any atom is -0.393 e. The Kier molecular flexibility index (Phi) is 3.68. The predicted molar refractivity (Wildman–Crippen MR) is 78.6 cm³/mol. The van der Waals surface area contributed by atoms with E-state index in [0.717, 1.165) is 12.8 Å². The summed E-state index contributed by atoms with van der Waals surface area (Å²) in [6.07, 6.45) is 3.52. The second-order valence-electron chi connectivity index (χ2n) is 5.74. The number of nitrogens with zero attached hydrogens (tertiary/aromatic N) is 1. The number of aliphatic hydroxyl groups is 1. The number of rotatable bonds is 3. The van der Waals surface area contributed by atoms with Gasteiger partial charge in [0.1, 0.15) is 5.82 Å². The van der Waals surface area contributed by atoms with E-state index in [9.17, 15) is 14.3 Å². The second kappa shape index (κ2) is 5.48. The molecular weight excluding hydrogens is 271 g/mol. The van der Waals surface area contributed by atoms with Gasteiger partial charge in [-0.25, -0.2) is 4.39 Å². The van der Waals surface area contributed by atoms with E-state index in [2.05, 4.69) is 4.98 Å². The molecule has 1 aromatic heterocycles. The number of hydrogen-bond donors (Lipinski definition) is 2. The minimum atomic E-state index is -0.442. The first kappa shape index (κ1) is 14.1. The number of aromatic nitrogens is 1. The monoisotopic (exact) mass is 290 g/mol. The molecule has 112 valence electrons. The largest absolute Gasteiger partial charge is 0.393 e. The molecule has 1 aliphatic rings. The molecule has 2 aromatic rings. The Hall–Kier alpha value is -1.88. The van der Waals surface area contributed by atoms with Crippen LogP contribution in [0.5, 0.6) is 0 Å². The molecule has 0 aliphatic carbocycles. The van der Waals surface area contributed by atoms with Crippen molar-refractivity contribution in [1.29, 1.82) is 0 Å². The van der Waals surface area contributed by atoms with E-state index in [4.69, 9.17) is 0 Å². The van der Waals surface area contributed by atoms with Crippen molar-refractivity contribution in [3.63, 3.8) is 0 Å². The van der Waals surface area contributed by atoms with Gasteiger partial charge in [-0.15, -0.1) is 0 Å². The molecule has 21 heavy (non-hydrogen) atoms.